The fourth-order valence-corrected chi connectivity index (χ4v) is 2.14. The van der Waals surface area contributed by atoms with Gasteiger partial charge in [-0.15, -0.1) is 0 Å². The van der Waals surface area contributed by atoms with Crippen molar-refractivity contribution in [2.75, 3.05) is 13.1 Å². The number of hydrogen-bond acceptors (Lipinski definition) is 2. The van der Waals surface area contributed by atoms with Gasteiger partial charge in [0, 0.05) is 19.0 Å². The number of hydrogen-bond donors (Lipinski definition) is 1. The Kier molecular flexibility index (Phi) is 6.01. The van der Waals surface area contributed by atoms with Gasteiger partial charge in [-0.2, -0.15) is 0 Å². The Morgan fingerprint density at radius 3 is 2.82 bits per heavy atom. The summed E-state index contributed by atoms with van der Waals surface area (Å²) in [6.45, 7) is 5.16. The van der Waals surface area contributed by atoms with Crippen LogP contribution in [0.15, 0.2) is 0 Å². The molecule has 1 aliphatic heterocycles. The fourth-order valence-electron chi connectivity index (χ4n) is 2.14. The van der Waals surface area contributed by atoms with Crippen molar-refractivity contribution >= 4 is 11.8 Å². The average Bonchev–Trinajstić information content (AvgIpc) is 2.64. The van der Waals surface area contributed by atoms with E-state index in [9.17, 15) is 9.59 Å². The Bertz CT molecular complexity index is 266. The van der Waals surface area contributed by atoms with Gasteiger partial charge in [0.2, 0.25) is 11.8 Å². The lowest BCUT2D eigenvalue weighted by Crippen LogP contribution is -2.41. The second-order valence-corrected chi connectivity index (χ2v) is 4.88. The molecule has 1 heterocycles. The van der Waals surface area contributed by atoms with E-state index in [1.165, 1.54) is 12.8 Å². The van der Waals surface area contributed by atoms with Gasteiger partial charge in [-0.1, -0.05) is 26.2 Å². The topological polar surface area (TPSA) is 49.4 Å². The summed E-state index contributed by atoms with van der Waals surface area (Å²) in [6.07, 6.45) is 6.07. The molecule has 0 bridgehead atoms. The number of rotatable bonds is 7. The van der Waals surface area contributed by atoms with Gasteiger partial charge >= 0.3 is 0 Å². The molecule has 0 aromatic heterocycles. The van der Waals surface area contributed by atoms with Crippen molar-refractivity contribution in [1.82, 2.24) is 10.2 Å². The maximum absolute atomic E-state index is 11.7. The second kappa shape index (κ2) is 7.30. The maximum atomic E-state index is 11.7. The van der Waals surface area contributed by atoms with Crippen molar-refractivity contribution in [2.45, 2.75) is 58.4 Å². The molecule has 0 unspecified atom stereocenters. The first-order valence-corrected chi connectivity index (χ1v) is 6.70. The van der Waals surface area contributed by atoms with Gasteiger partial charge in [-0.25, -0.2) is 0 Å². The van der Waals surface area contributed by atoms with Crippen LogP contribution in [0, 0.1) is 0 Å². The smallest absolute Gasteiger partial charge is 0.239 e. The van der Waals surface area contributed by atoms with E-state index >= 15 is 0 Å². The SMILES string of the molecule is CCCCC[C@@H](C)NC(=O)CN1CCCC1=O. The van der Waals surface area contributed by atoms with E-state index in [2.05, 4.69) is 12.2 Å². The first-order chi connectivity index (χ1) is 8.13. The summed E-state index contributed by atoms with van der Waals surface area (Å²) in [4.78, 5) is 24.7. The predicted octanol–water partition coefficient (Wildman–Crippen LogP) is 1.69. The van der Waals surface area contributed by atoms with Gasteiger partial charge in [-0.3, -0.25) is 9.59 Å². The van der Waals surface area contributed by atoms with Gasteiger partial charge in [0.05, 0.1) is 6.54 Å². The van der Waals surface area contributed by atoms with Crippen LogP contribution in [0.1, 0.15) is 52.4 Å². The van der Waals surface area contributed by atoms with Crippen molar-refractivity contribution in [3.05, 3.63) is 0 Å². The molecule has 1 aliphatic rings. The normalized spacial score (nSPS) is 17.3. The van der Waals surface area contributed by atoms with E-state index in [-0.39, 0.29) is 24.4 Å². The van der Waals surface area contributed by atoms with Gasteiger partial charge in [0.1, 0.15) is 0 Å². The van der Waals surface area contributed by atoms with Gasteiger partial charge in [0.25, 0.3) is 0 Å². The number of likely N-dealkylation sites (tertiary alicyclic amines) is 1. The molecule has 98 valence electrons. The minimum absolute atomic E-state index is 0.0238. The lowest BCUT2D eigenvalue weighted by molar-refractivity contribution is -0.133. The third-order valence-electron chi connectivity index (χ3n) is 3.15. The molecule has 17 heavy (non-hydrogen) atoms. The highest BCUT2D eigenvalue weighted by atomic mass is 16.2. The summed E-state index contributed by atoms with van der Waals surface area (Å²) in [6, 6.07) is 0.215. The standard InChI is InChI=1S/C13H24N2O2/c1-3-4-5-7-11(2)14-12(16)10-15-9-6-8-13(15)17/h11H,3-10H2,1-2H3,(H,14,16)/t11-/m1/s1. The van der Waals surface area contributed by atoms with Crippen LogP contribution in [0.4, 0.5) is 0 Å². The summed E-state index contributed by atoms with van der Waals surface area (Å²) in [5.41, 5.74) is 0. The van der Waals surface area contributed by atoms with Gasteiger partial charge < -0.3 is 10.2 Å². The molecular weight excluding hydrogens is 216 g/mol. The van der Waals surface area contributed by atoms with Crippen molar-refractivity contribution in [3.8, 4) is 0 Å². The number of nitrogens with zero attached hydrogens (tertiary/aromatic N) is 1. The van der Waals surface area contributed by atoms with Crippen LogP contribution in [0.5, 0.6) is 0 Å². The molecular formula is C13H24N2O2. The largest absolute Gasteiger partial charge is 0.352 e. The Morgan fingerprint density at radius 1 is 1.47 bits per heavy atom. The Morgan fingerprint density at radius 2 is 2.24 bits per heavy atom. The molecule has 2 amide bonds. The summed E-state index contributed by atoms with van der Waals surface area (Å²) in [5, 5.41) is 2.95. The number of unbranched alkanes of at least 4 members (excludes halogenated alkanes) is 2. The van der Waals surface area contributed by atoms with Crippen LogP contribution in [-0.4, -0.2) is 35.8 Å². The Hall–Kier alpha value is -1.06. The average molecular weight is 240 g/mol. The molecule has 0 radical (unpaired) electrons. The number of carbonyl (C=O) groups is 2. The van der Waals surface area contributed by atoms with E-state index in [0.717, 1.165) is 25.8 Å². The molecule has 0 aromatic carbocycles. The summed E-state index contributed by atoms with van der Waals surface area (Å²) >= 11 is 0. The third-order valence-corrected chi connectivity index (χ3v) is 3.15. The molecule has 0 saturated carbocycles. The summed E-state index contributed by atoms with van der Waals surface area (Å²) < 4.78 is 0. The fraction of sp³-hybridized carbons (Fsp3) is 0.846. The second-order valence-electron chi connectivity index (χ2n) is 4.88. The van der Waals surface area contributed by atoms with Crippen molar-refractivity contribution in [2.24, 2.45) is 0 Å². The monoisotopic (exact) mass is 240 g/mol. The molecule has 1 atom stereocenters. The van der Waals surface area contributed by atoms with Crippen molar-refractivity contribution < 1.29 is 9.59 Å². The minimum Gasteiger partial charge on any atom is -0.352 e. The van der Waals surface area contributed by atoms with Gasteiger partial charge in [0.15, 0.2) is 0 Å². The van der Waals surface area contributed by atoms with Gasteiger partial charge in [-0.05, 0) is 19.8 Å². The zero-order chi connectivity index (χ0) is 12.7. The molecule has 4 nitrogen and oxygen atoms in total. The van der Waals surface area contributed by atoms with E-state index in [4.69, 9.17) is 0 Å². The minimum atomic E-state index is -0.0238. The van der Waals surface area contributed by atoms with Crippen molar-refractivity contribution in [1.29, 1.82) is 0 Å². The van der Waals surface area contributed by atoms with Crippen molar-refractivity contribution in [3.63, 3.8) is 0 Å². The quantitative estimate of drug-likeness (QED) is 0.688. The van der Waals surface area contributed by atoms with Crippen LogP contribution in [-0.2, 0) is 9.59 Å². The van der Waals surface area contributed by atoms with E-state index < -0.39 is 0 Å². The lowest BCUT2D eigenvalue weighted by Gasteiger charge is -2.18. The molecule has 1 rings (SSSR count). The number of carbonyl (C=O) groups excluding carboxylic acids is 2. The maximum Gasteiger partial charge on any atom is 0.239 e. The van der Waals surface area contributed by atoms with Crippen LogP contribution in [0.3, 0.4) is 0 Å². The molecule has 4 heteroatoms. The zero-order valence-electron chi connectivity index (χ0n) is 11.0. The van der Waals surface area contributed by atoms with Crippen LogP contribution in [0.25, 0.3) is 0 Å². The molecule has 0 aromatic rings. The Balaban J connectivity index is 2.17. The predicted molar refractivity (Wildman–Crippen MR) is 67.6 cm³/mol. The highest BCUT2D eigenvalue weighted by molar-refractivity contribution is 5.85. The van der Waals surface area contributed by atoms with Crippen LogP contribution in [0.2, 0.25) is 0 Å². The highest BCUT2D eigenvalue weighted by Crippen LogP contribution is 2.09. The van der Waals surface area contributed by atoms with Crippen LogP contribution >= 0.6 is 0 Å². The van der Waals surface area contributed by atoms with E-state index in [1.54, 1.807) is 4.90 Å². The lowest BCUT2D eigenvalue weighted by atomic mass is 10.1. The van der Waals surface area contributed by atoms with E-state index in [0.29, 0.717) is 6.42 Å². The van der Waals surface area contributed by atoms with E-state index in [1.807, 2.05) is 6.92 Å². The summed E-state index contributed by atoms with van der Waals surface area (Å²) in [7, 11) is 0. The first kappa shape index (κ1) is 14.0. The summed E-state index contributed by atoms with van der Waals surface area (Å²) in [5.74, 6) is 0.0861. The third kappa shape index (κ3) is 5.20. The van der Waals surface area contributed by atoms with Crippen LogP contribution < -0.4 is 5.32 Å². The highest BCUT2D eigenvalue weighted by Gasteiger charge is 2.22. The molecule has 1 saturated heterocycles. The molecule has 1 N–H and O–H groups in total. The molecule has 0 spiro atoms. The molecule has 0 aliphatic carbocycles. The number of amides is 2. The first-order valence-electron chi connectivity index (χ1n) is 6.70. The Labute approximate surface area is 104 Å². The number of nitrogens with one attached hydrogen (secondary N) is 1. The molecule has 1 fully saturated rings. The zero-order valence-corrected chi connectivity index (χ0v) is 11.0.